The van der Waals surface area contributed by atoms with Crippen LogP contribution in [0.3, 0.4) is 0 Å². The molecular formula is C22H22N4O2S. The fourth-order valence-electron chi connectivity index (χ4n) is 3.42. The van der Waals surface area contributed by atoms with Crippen molar-refractivity contribution in [2.45, 2.75) is 33.1 Å². The van der Waals surface area contributed by atoms with Crippen molar-refractivity contribution in [1.29, 1.82) is 0 Å². The van der Waals surface area contributed by atoms with Crippen LogP contribution in [0.25, 0.3) is 0 Å². The third-order valence-corrected chi connectivity index (χ3v) is 6.22. The number of hydrogen-bond donors (Lipinski definition) is 1. The number of aromatic nitrogens is 2. The molecule has 0 radical (unpaired) electrons. The molecule has 3 aromatic rings. The second-order valence-corrected chi connectivity index (χ2v) is 8.45. The first-order chi connectivity index (χ1) is 13.9. The van der Waals surface area contributed by atoms with Gasteiger partial charge in [-0.2, -0.15) is 0 Å². The van der Waals surface area contributed by atoms with Crippen LogP contribution in [0.4, 0.5) is 10.8 Å². The summed E-state index contributed by atoms with van der Waals surface area (Å²) in [7, 11) is 0. The maximum absolute atomic E-state index is 12.6. The van der Waals surface area contributed by atoms with Crippen LogP contribution >= 0.6 is 11.3 Å². The molecule has 0 unspecified atom stereocenters. The van der Waals surface area contributed by atoms with Gasteiger partial charge < -0.3 is 4.90 Å². The molecule has 1 fully saturated rings. The van der Waals surface area contributed by atoms with Crippen LogP contribution in [-0.2, 0) is 4.79 Å². The van der Waals surface area contributed by atoms with Gasteiger partial charge in [0.05, 0.1) is 0 Å². The first-order valence-electron chi connectivity index (χ1n) is 9.50. The Morgan fingerprint density at radius 1 is 1.10 bits per heavy atom. The lowest BCUT2D eigenvalue weighted by Crippen LogP contribution is -2.24. The number of hydrogen-bond acceptors (Lipinski definition) is 5. The van der Waals surface area contributed by atoms with Crippen LogP contribution < -0.4 is 10.2 Å². The van der Waals surface area contributed by atoms with Gasteiger partial charge in [0.25, 0.3) is 5.91 Å². The molecule has 0 saturated carbocycles. The minimum absolute atomic E-state index is 0.0220. The third-order valence-electron chi connectivity index (χ3n) is 5.22. The molecule has 0 aliphatic carbocycles. The summed E-state index contributed by atoms with van der Waals surface area (Å²) in [5.41, 5.74) is 4.88. The highest BCUT2D eigenvalue weighted by atomic mass is 32.1. The second-order valence-electron chi connectivity index (χ2n) is 7.44. The highest BCUT2D eigenvalue weighted by Gasteiger charge is 2.34. The van der Waals surface area contributed by atoms with E-state index < -0.39 is 0 Å². The highest BCUT2D eigenvalue weighted by Crippen LogP contribution is 2.34. The van der Waals surface area contributed by atoms with Gasteiger partial charge in [0.2, 0.25) is 11.0 Å². The quantitative estimate of drug-likeness (QED) is 0.703. The number of benzene rings is 2. The van der Waals surface area contributed by atoms with Gasteiger partial charge in [0, 0.05) is 30.1 Å². The molecule has 6 nitrogen and oxygen atoms in total. The van der Waals surface area contributed by atoms with Gasteiger partial charge in [-0.3, -0.25) is 14.9 Å². The molecule has 1 aromatic heterocycles. The zero-order valence-corrected chi connectivity index (χ0v) is 17.4. The molecule has 1 atom stereocenters. The van der Waals surface area contributed by atoms with Crippen molar-refractivity contribution < 1.29 is 9.59 Å². The van der Waals surface area contributed by atoms with E-state index in [1.165, 1.54) is 16.9 Å². The Hall–Kier alpha value is -3.06. The molecule has 1 aliphatic rings. The van der Waals surface area contributed by atoms with Gasteiger partial charge in [-0.1, -0.05) is 35.1 Å². The van der Waals surface area contributed by atoms with Crippen molar-refractivity contribution in [1.82, 2.24) is 10.2 Å². The minimum atomic E-state index is -0.212. The molecule has 0 bridgehead atoms. The molecule has 2 aromatic carbocycles. The summed E-state index contributed by atoms with van der Waals surface area (Å²) >= 11 is 1.33. The van der Waals surface area contributed by atoms with Crippen LogP contribution in [0.2, 0.25) is 0 Å². The lowest BCUT2D eigenvalue weighted by atomic mass is 10.1. The van der Waals surface area contributed by atoms with E-state index in [-0.39, 0.29) is 17.7 Å². The molecule has 2 amide bonds. The molecule has 29 heavy (non-hydrogen) atoms. The monoisotopic (exact) mass is 406 g/mol. The van der Waals surface area contributed by atoms with Gasteiger partial charge in [0.15, 0.2) is 0 Å². The topological polar surface area (TPSA) is 75.2 Å². The lowest BCUT2D eigenvalue weighted by Gasteiger charge is -2.17. The van der Waals surface area contributed by atoms with Crippen LogP contribution in [-0.4, -0.2) is 28.6 Å². The molecule has 4 rings (SSSR count). The maximum Gasteiger partial charge on any atom is 0.257 e. The number of aryl methyl sites for hydroxylation is 3. The van der Waals surface area contributed by atoms with Crippen LogP contribution in [0.1, 0.15) is 44.4 Å². The molecule has 1 saturated heterocycles. The Bertz CT molecular complexity index is 1090. The van der Waals surface area contributed by atoms with Gasteiger partial charge in [-0.15, -0.1) is 10.2 Å². The van der Waals surface area contributed by atoms with Gasteiger partial charge >= 0.3 is 0 Å². The fourth-order valence-corrected chi connectivity index (χ4v) is 4.25. The predicted octanol–water partition coefficient (Wildman–Crippen LogP) is 4.24. The van der Waals surface area contributed by atoms with E-state index in [0.29, 0.717) is 23.7 Å². The minimum Gasteiger partial charge on any atom is -0.312 e. The fraction of sp³-hybridized carbons (Fsp3) is 0.273. The summed E-state index contributed by atoms with van der Waals surface area (Å²) in [4.78, 5) is 26.8. The molecule has 2 heterocycles. The number of rotatable bonds is 4. The zero-order chi connectivity index (χ0) is 20.5. The Labute approximate surface area is 173 Å². The van der Waals surface area contributed by atoms with Crippen molar-refractivity contribution in [3.05, 3.63) is 69.7 Å². The van der Waals surface area contributed by atoms with E-state index in [0.717, 1.165) is 21.8 Å². The third kappa shape index (κ3) is 4.05. The van der Waals surface area contributed by atoms with Crippen molar-refractivity contribution >= 4 is 34.0 Å². The number of amides is 2. The SMILES string of the molecule is Cc1cccc(C(=O)Nc2nnc([C@@H]3CC(=O)N(c4ccc(C)c(C)c4)C3)s2)c1. The van der Waals surface area contributed by atoms with E-state index in [9.17, 15) is 9.59 Å². The lowest BCUT2D eigenvalue weighted by molar-refractivity contribution is -0.117. The van der Waals surface area contributed by atoms with E-state index in [4.69, 9.17) is 0 Å². The van der Waals surface area contributed by atoms with Crippen molar-refractivity contribution in [2.24, 2.45) is 0 Å². The van der Waals surface area contributed by atoms with Gasteiger partial charge in [0.1, 0.15) is 5.01 Å². The number of nitrogens with zero attached hydrogens (tertiary/aromatic N) is 3. The Morgan fingerprint density at radius 3 is 2.69 bits per heavy atom. The van der Waals surface area contributed by atoms with Gasteiger partial charge in [-0.05, 0) is 56.2 Å². The standard InChI is InChI=1S/C22H22N4O2S/c1-13-5-4-6-16(9-13)20(28)23-22-25-24-21(29-22)17-11-19(27)26(12-17)18-8-7-14(2)15(3)10-18/h4-10,17H,11-12H2,1-3H3,(H,23,25,28)/t17-/m1/s1. The molecule has 7 heteroatoms. The summed E-state index contributed by atoms with van der Waals surface area (Å²) in [5, 5.41) is 12.4. The van der Waals surface area contributed by atoms with E-state index in [1.807, 2.05) is 55.1 Å². The van der Waals surface area contributed by atoms with Crippen molar-refractivity contribution in [2.75, 3.05) is 16.8 Å². The van der Waals surface area contributed by atoms with Crippen LogP contribution in [0.15, 0.2) is 42.5 Å². The second kappa shape index (κ2) is 7.75. The smallest absolute Gasteiger partial charge is 0.257 e. The average molecular weight is 407 g/mol. The van der Waals surface area contributed by atoms with Crippen molar-refractivity contribution in [3.63, 3.8) is 0 Å². The zero-order valence-electron chi connectivity index (χ0n) is 16.6. The summed E-state index contributed by atoms with van der Waals surface area (Å²) < 4.78 is 0. The Morgan fingerprint density at radius 2 is 1.93 bits per heavy atom. The van der Waals surface area contributed by atoms with Crippen molar-refractivity contribution in [3.8, 4) is 0 Å². The van der Waals surface area contributed by atoms with E-state index in [2.05, 4.69) is 22.4 Å². The number of anilines is 2. The number of nitrogens with one attached hydrogen (secondary N) is 1. The summed E-state index contributed by atoms with van der Waals surface area (Å²) in [6, 6.07) is 13.4. The Kier molecular flexibility index (Phi) is 5.15. The molecular weight excluding hydrogens is 384 g/mol. The number of carbonyl (C=O) groups excluding carboxylic acids is 2. The Balaban J connectivity index is 1.46. The predicted molar refractivity (Wildman–Crippen MR) is 115 cm³/mol. The molecule has 0 spiro atoms. The summed E-state index contributed by atoms with van der Waals surface area (Å²) in [6.07, 6.45) is 0.396. The average Bonchev–Trinajstić information content (AvgIpc) is 3.30. The summed E-state index contributed by atoms with van der Waals surface area (Å²) in [5.74, 6) is -0.152. The van der Waals surface area contributed by atoms with E-state index >= 15 is 0 Å². The molecule has 1 aliphatic heterocycles. The number of carbonyl (C=O) groups is 2. The molecule has 1 N–H and O–H groups in total. The normalized spacial score (nSPS) is 16.3. The first-order valence-corrected chi connectivity index (χ1v) is 10.3. The van der Waals surface area contributed by atoms with E-state index in [1.54, 1.807) is 6.07 Å². The molecule has 148 valence electrons. The summed E-state index contributed by atoms with van der Waals surface area (Å²) in [6.45, 7) is 6.62. The van der Waals surface area contributed by atoms with Gasteiger partial charge in [-0.25, -0.2) is 0 Å². The highest BCUT2D eigenvalue weighted by molar-refractivity contribution is 7.15. The van der Waals surface area contributed by atoms with Crippen LogP contribution in [0, 0.1) is 20.8 Å². The van der Waals surface area contributed by atoms with Crippen LogP contribution in [0.5, 0.6) is 0 Å². The largest absolute Gasteiger partial charge is 0.312 e. The first kappa shape index (κ1) is 19.3. The maximum atomic E-state index is 12.6.